The van der Waals surface area contributed by atoms with Crippen molar-refractivity contribution >= 4 is 5.97 Å². The van der Waals surface area contributed by atoms with Gasteiger partial charge in [-0.3, -0.25) is 9.69 Å². The van der Waals surface area contributed by atoms with E-state index in [2.05, 4.69) is 6.07 Å². The number of benzene rings is 1. The molecule has 1 aromatic rings. The smallest absolute Gasteiger partial charge is 0.324 e. The van der Waals surface area contributed by atoms with Crippen LogP contribution in [0.3, 0.4) is 0 Å². The van der Waals surface area contributed by atoms with Crippen molar-refractivity contribution in [2.45, 2.75) is 31.8 Å². The van der Waals surface area contributed by atoms with Gasteiger partial charge in [-0.05, 0) is 25.1 Å². The van der Waals surface area contributed by atoms with Gasteiger partial charge in [0.2, 0.25) is 0 Å². The zero-order valence-corrected chi connectivity index (χ0v) is 9.90. The van der Waals surface area contributed by atoms with Gasteiger partial charge in [-0.2, -0.15) is 0 Å². The number of likely N-dealkylation sites (N-methyl/N-ethyl adjacent to an activating group) is 1. The van der Waals surface area contributed by atoms with E-state index in [9.17, 15) is 9.90 Å². The number of carboxylic acid groups (broad SMARTS) is 1. The van der Waals surface area contributed by atoms with Gasteiger partial charge in [0.05, 0.1) is 0 Å². The summed E-state index contributed by atoms with van der Waals surface area (Å²) in [6.07, 6.45) is 0. The van der Waals surface area contributed by atoms with Crippen LogP contribution in [0.5, 0.6) is 0 Å². The summed E-state index contributed by atoms with van der Waals surface area (Å²) in [5, 5.41) is 9.42. The number of aliphatic carboxylic acids is 1. The number of nitrogens with zero attached hydrogens (tertiary/aromatic N) is 1. The molecule has 0 spiro atoms. The molecule has 0 bridgehead atoms. The first kappa shape index (κ1) is 11.1. The quantitative estimate of drug-likeness (QED) is 0.786. The Balaban J connectivity index is 2.53. The Morgan fingerprint density at radius 3 is 2.75 bits per heavy atom. The van der Waals surface area contributed by atoms with Gasteiger partial charge in [-0.1, -0.05) is 31.2 Å². The summed E-state index contributed by atoms with van der Waals surface area (Å²) in [6.45, 7) is 4.49. The molecule has 1 heterocycles. The van der Waals surface area contributed by atoms with Gasteiger partial charge in [0.1, 0.15) is 5.54 Å². The van der Waals surface area contributed by atoms with Gasteiger partial charge in [-0.15, -0.1) is 0 Å². The molecular weight excluding hydrogens is 202 g/mol. The van der Waals surface area contributed by atoms with Crippen LogP contribution < -0.4 is 0 Å². The van der Waals surface area contributed by atoms with Gasteiger partial charge in [0, 0.05) is 12.5 Å². The molecule has 0 saturated carbocycles. The molecule has 0 aromatic heterocycles. The monoisotopic (exact) mass is 219 g/mol. The number of hydrogen-bond acceptors (Lipinski definition) is 2. The average Bonchev–Trinajstić information content (AvgIpc) is 2.26. The Bertz CT molecular complexity index is 430. The van der Waals surface area contributed by atoms with Crippen molar-refractivity contribution in [3.63, 3.8) is 0 Å². The predicted molar refractivity (Wildman–Crippen MR) is 62.4 cm³/mol. The second kappa shape index (κ2) is 3.59. The van der Waals surface area contributed by atoms with Gasteiger partial charge >= 0.3 is 5.97 Å². The molecule has 0 saturated heterocycles. The molecule has 2 atom stereocenters. The van der Waals surface area contributed by atoms with Gasteiger partial charge in [-0.25, -0.2) is 0 Å². The molecule has 1 aliphatic heterocycles. The first-order valence-corrected chi connectivity index (χ1v) is 5.50. The lowest BCUT2D eigenvalue weighted by molar-refractivity contribution is -0.152. The summed E-state index contributed by atoms with van der Waals surface area (Å²) in [6, 6.07) is 8.09. The minimum Gasteiger partial charge on any atom is -0.480 e. The summed E-state index contributed by atoms with van der Waals surface area (Å²) >= 11 is 0. The van der Waals surface area contributed by atoms with E-state index in [-0.39, 0.29) is 5.92 Å². The molecule has 86 valence electrons. The van der Waals surface area contributed by atoms with Crippen molar-refractivity contribution in [3.05, 3.63) is 35.4 Å². The van der Waals surface area contributed by atoms with Crippen LogP contribution in [0.4, 0.5) is 0 Å². The minimum atomic E-state index is -0.811. The fourth-order valence-corrected chi connectivity index (χ4v) is 2.50. The van der Waals surface area contributed by atoms with E-state index in [1.807, 2.05) is 37.1 Å². The topological polar surface area (TPSA) is 40.5 Å². The maximum absolute atomic E-state index is 11.5. The Morgan fingerprint density at radius 2 is 2.12 bits per heavy atom. The summed E-state index contributed by atoms with van der Waals surface area (Å²) in [7, 11) is 1.88. The summed E-state index contributed by atoms with van der Waals surface area (Å²) in [4.78, 5) is 13.4. The van der Waals surface area contributed by atoms with E-state index in [0.29, 0.717) is 6.54 Å². The highest BCUT2D eigenvalue weighted by atomic mass is 16.4. The predicted octanol–water partition coefficient (Wildman–Crippen LogP) is 2.08. The first-order chi connectivity index (χ1) is 7.48. The van der Waals surface area contributed by atoms with Crippen molar-refractivity contribution in [2.24, 2.45) is 0 Å². The Hall–Kier alpha value is -1.35. The highest BCUT2D eigenvalue weighted by molar-refractivity contribution is 5.80. The van der Waals surface area contributed by atoms with Crippen LogP contribution in [0.25, 0.3) is 0 Å². The normalized spacial score (nSPS) is 29.8. The fourth-order valence-electron chi connectivity index (χ4n) is 2.50. The van der Waals surface area contributed by atoms with Crippen molar-refractivity contribution in [3.8, 4) is 0 Å². The van der Waals surface area contributed by atoms with Crippen molar-refractivity contribution in [1.29, 1.82) is 0 Å². The third kappa shape index (κ3) is 1.35. The molecule has 1 aliphatic rings. The van der Waals surface area contributed by atoms with Crippen LogP contribution in [-0.2, 0) is 11.3 Å². The molecule has 0 radical (unpaired) electrons. The summed E-state index contributed by atoms with van der Waals surface area (Å²) in [5.41, 5.74) is 1.58. The van der Waals surface area contributed by atoms with Crippen LogP contribution in [0.1, 0.15) is 30.9 Å². The molecule has 3 heteroatoms. The highest BCUT2D eigenvalue weighted by Gasteiger charge is 2.46. The van der Waals surface area contributed by atoms with Gasteiger partial charge in [0.25, 0.3) is 0 Å². The van der Waals surface area contributed by atoms with Crippen LogP contribution >= 0.6 is 0 Å². The van der Waals surface area contributed by atoms with E-state index < -0.39 is 11.5 Å². The molecule has 0 amide bonds. The maximum Gasteiger partial charge on any atom is 0.324 e. The maximum atomic E-state index is 11.5. The number of carbonyl (C=O) groups is 1. The van der Waals surface area contributed by atoms with Crippen molar-refractivity contribution in [2.75, 3.05) is 7.05 Å². The Morgan fingerprint density at radius 1 is 1.50 bits per heavy atom. The largest absolute Gasteiger partial charge is 0.480 e. The second-order valence-corrected chi connectivity index (χ2v) is 4.73. The van der Waals surface area contributed by atoms with Crippen LogP contribution in [0.2, 0.25) is 0 Å². The van der Waals surface area contributed by atoms with Crippen LogP contribution in [0.15, 0.2) is 24.3 Å². The molecule has 2 rings (SSSR count). The standard InChI is InChI=1S/C13H17NO2/c1-9-11-7-5-4-6-10(11)8-14(3)13(9,2)12(15)16/h4-7,9H,8H2,1-3H3,(H,15,16)/t9-,13-/m1/s1. The SMILES string of the molecule is C[C@@H]1c2ccccc2CN(C)[C@@]1(C)C(=O)O. The third-order valence-corrected chi connectivity index (χ3v) is 4.00. The highest BCUT2D eigenvalue weighted by Crippen LogP contribution is 2.39. The number of hydrogen-bond donors (Lipinski definition) is 1. The molecule has 1 N–H and O–H groups in total. The van der Waals surface area contributed by atoms with E-state index in [0.717, 1.165) is 5.56 Å². The van der Waals surface area contributed by atoms with Gasteiger partial charge < -0.3 is 5.11 Å². The van der Waals surface area contributed by atoms with Crippen molar-refractivity contribution in [1.82, 2.24) is 4.90 Å². The molecule has 0 unspecified atom stereocenters. The minimum absolute atomic E-state index is 0.0000463. The number of carboxylic acids is 1. The zero-order valence-electron chi connectivity index (χ0n) is 9.90. The first-order valence-electron chi connectivity index (χ1n) is 5.50. The summed E-state index contributed by atoms with van der Waals surface area (Å²) in [5.74, 6) is -0.753. The Labute approximate surface area is 95.7 Å². The van der Waals surface area contributed by atoms with Crippen LogP contribution in [0, 0.1) is 0 Å². The third-order valence-electron chi connectivity index (χ3n) is 4.00. The fraction of sp³-hybridized carbons (Fsp3) is 0.462. The van der Waals surface area contributed by atoms with Gasteiger partial charge in [0.15, 0.2) is 0 Å². The molecule has 3 nitrogen and oxygen atoms in total. The molecule has 1 aromatic carbocycles. The van der Waals surface area contributed by atoms with E-state index in [4.69, 9.17) is 0 Å². The molecule has 0 fully saturated rings. The lowest BCUT2D eigenvalue weighted by atomic mass is 9.75. The van der Waals surface area contributed by atoms with E-state index in [1.54, 1.807) is 6.92 Å². The second-order valence-electron chi connectivity index (χ2n) is 4.73. The Kier molecular flexibility index (Phi) is 2.50. The molecule has 16 heavy (non-hydrogen) atoms. The molecular formula is C13H17NO2. The summed E-state index contributed by atoms with van der Waals surface area (Å²) < 4.78 is 0. The van der Waals surface area contributed by atoms with Crippen LogP contribution in [-0.4, -0.2) is 28.6 Å². The number of rotatable bonds is 1. The lowest BCUT2D eigenvalue weighted by Gasteiger charge is -2.44. The van der Waals surface area contributed by atoms with E-state index >= 15 is 0 Å². The lowest BCUT2D eigenvalue weighted by Crippen LogP contribution is -2.56. The zero-order chi connectivity index (χ0) is 11.9. The molecule has 0 aliphatic carbocycles. The number of fused-ring (bicyclic) bond motifs is 1. The average molecular weight is 219 g/mol. The van der Waals surface area contributed by atoms with E-state index in [1.165, 1.54) is 5.56 Å². The van der Waals surface area contributed by atoms with Crippen molar-refractivity contribution < 1.29 is 9.90 Å².